The molecule has 1 heterocycles. The second-order valence-electron chi connectivity index (χ2n) is 6.25. The minimum atomic E-state index is -0.328. The molecule has 0 spiro atoms. The van der Waals surface area contributed by atoms with Crippen LogP contribution in [0.2, 0.25) is 0 Å². The number of nitrogens with zero attached hydrogens (tertiary/aromatic N) is 1. The molecule has 5 aromatic rings. The first-order chi connectivity index (χ1) is 12.7. The molecule has 0 N–H and O–H groups in total. The van der Waals surface area contributed by atoms with Gasteiger partial charge in [0, 0.05) is 16.8 Å². The number of nitro benzene ring substituents is 1. The summed E-state index contributed by atoms with van der Waals surface area (Å²) in [6.45, 7) is 0. The fourth-order valence-corrected chi connectivity index (χ4v) is 3.61. The predicted molar refractivity (Wildman–Crippen MR) is 103 cm³/mol. The van der Waals surface area contributed by atoms with Gasteiger partial charge in [-0.3, -0.25) is 10.1 Å². The molecule has 0 saturated heterocycles. The summed E-state index contributed by atoms with van der Waals surface area (Å²) >= 11 is 0. The van der Waals surface area contributed by atoms with Crippen LogP contribution >= 0.6 is 0 Å². The summed E-state index contributed by atoms with van der Waals surface area (Å²) in [5.74, 6) is 0. The minimum absolute atomic E-state index is 0.114. The average molecular weight is 339 g/mol. The lowest BCUT2D eigenvalue weighted by molar-refractivity contribution is -0.383. The number of non-ortho nitro benzene ring substituents is 1. The first kappa shape index (κ1) is 14.7. The number of para-hydroxylation sites is 1. The van der Waals surface area contributed by atoms with E-state index in [2.05, 4.69) is 0 Å². The maximum absolute atomic E-state index is 11.5. The number of hydrogen-bond acceptors (Lipinski definition) is 3. The molecular weight excluding hydrogens is 326 g/mol. The van der Waals surface area contributed by atoms with Crippen molar-refractivity contribution in [3.8, 4) is 11.1 Å². The van der Waals surface area contributed by atoms with Crippen molar-refractivity contribution in [3.63, 3.8) is 0 Å². The van der Waals surface area contributed by atoms with Crippen LogP contribution in [0.15, 0.2) is 83.3 Å². The van der Waals surface area contributed by atoms with Crippen LogP contribution in [-0.2, 0) is 0 Å². The molecule has 26 heavy (non-hydrogen) atoms. The van der Waals surface area contributed by atoms with Crippen LogP contribution in [0, 0.1) is 10.1 Å². The number of furan rings is 1. The minimum Gasteiger partial charge on any atom is -0.456 e. The first-order valence-corrected chi connectivity index (χ1v) is 8.30. The fourth-order valence-electron chi connectivity index (χ4n) is 3.61. The summed E-state index contributed by atoms with van der Waals surface area (Å²) in [6.07, 6.45) is 0. The molecule has 0 saturated carbocycles. The third-order valence-corrected chi connectivity index (χ3v) is 4.77. The van der Waals surface area contributed by atoms with Crippen molar-refractivity contribution in [1.29, 1.82) is 0 Å². The highest BCUT2D eigenvalue weighted by Crippen LogP contribution is 2.37. The standard InChI is InChI=1S/C22H13NO3/c24-23(25)19-9-4-6-14-5-3-8-16(22(14)19)15-11-12-18-17-7-1-2-10-20(17)26-21(18)13-15/h1-13H. The van der Waals surface area contributed by atoms with Gasteiger partial charge in [0.1, 0.15) is 11.2 Å². The molecule has 0 aliphatic carbocycles. The molecule has 5 rings (SSSR count). The van der Waals surface area contributed by atoms with Gasteiger partial charge >= 0.3 is 0 Å². The van der Waals surface area contributed by atoms with Crippen molar-refractivity contribution >= 4 is 38.4 Å². The topological polar surface area (TPSA) is 56.3 Å². The highest BCUT2D eigenvalue weighted by molar-refractivity contribution is 6.08. The molecule has 1 aromatic heterocycles. The Bertz CT molecular complexity index is 1310. The molecule has 0 aliphatic heterocycles. The third kappa shape index (κ3) is 2.09. The molecule has 0 fully saturated rings. The lowest BCUT2D eigenvalue weighted by atomic mass is 9.96. The van der Waals surface area contributed by atoms with Gasteiger partial charge in [-0.15, -0.1) is 0 Å². The molecule has 124 valence electrons. The van der Waals surface area contributed by atoms with Gasteiger partial charge in [-0.05, 0) is 34.7 Å². The maximum Gasteiger partial charge on any atom is 0.277 e. The molecule has 0 bridgehead atoms. The summed E-state index contributed by atoms with van der Waals surface area (Å²) in [7, 11) is 0. The third-order valence-electron chi connectivity index (χ3n) is 4.77. The molecule has 0 unspecified atom stereocenters. The van der Waals surface area contributed by atoms with Crippen molar-refractivity contribution in [1.82, 2.24) is 0 Å². The summed E-state index contributed by atoms with van der Waals surface area (Å²) in [6, 6.07) is 24.8. The van der Waals surface area contributed by atoms with Crippen LogP contribution in [0.3, 0.4) is 0 Å². The number of nitro groups is 1. The van der Waals surface area contributed by atoms with Crippen molar-refractivity contribution < 1.29 is 9.34 Å². The van der Waals surface area contributed by atoms with Gasteiger partial charge in [-0.25, -0.2) is 0 Å². The van der Waals surface area contributed by atoms with Crippen LogP contribution in [0.25, 0.3) is 43.8 Å². The second-order valence-corrected chi connectivity index (χ2v) is 6.25. The number of benzene rings is 4. The zero-order valence-corrected chi connectivity index (χ0v) is 13.7. The summed E-state index contributed by atoms with van der Waals surface area (Å²) in [5.41, 5.74) is 3.46. The SMILES string of the molecule is O=[N+]([O-])c1cccc2cccc(-c3ccc4c(c3)oc3ccccc34)c12. The fraction of sp³-hybridized carbons (Fsp3) is 0. The van der Waals surface area contributed by atoms with Gasteiger partial charge in [-0.1, -0.05) is 54.6 Å². The molecule has 4 nitrogen and oxygen atoms in total. The van der Waals surface area contributed by atoms with E-state index in [-0.39, 0.29) is 10.6 Å². The van der Waals surface area contributed by atoms with E-state index in [1.165, 1.54) is 0 Å². The van der Waals surface area contributed by atoms with E-state index in [1.54, 1.807) is 12.1 Å². The van der Waals surface area contributed by atoms with Crippen LogP contribution in [-0.4, -0.2) is 4.92 Å². The Morgan fingerprint density at radius 3 is 2.38 bits per heavy atom. The van der Waals surface area contributed by atoms with E-state index in [9.17, 15) is 10.1 Å². The predicted octanol–water partition coefficient (Wildman–Crippen LogP) is 6.31. The number of fused-ring (bicyclic) bond motifs is 4. The Morgan fingerprint density at radius 2 is 1.54 bits per heavy atom. The lowest BCUT2D eigenvalue weighted by Crippen LogP contribution is -1.91. The number of hydrogen-bond donors (Lipinski definition) is 0. The zero-order chi connectivity index (χ0) is 17.7. The lowest BCUT2D eigenvalue weighted by Gasteiger charge is -2.07. The van der Waals surface area contributed by atoms with Crippen molar-refractivity contribution in [3.05, 3.63) is 89.0 Å². The van der Waals surface area contributed by atoms with E-state index in [0.717, 1.165) is 38.5 Å². The highest BCUT2D eigenvalue weighted by atomic mass is 16.6. The van der Waals surface area contributed by atoms with Crippen LogP contribution in [0.4, 0.5) is 5.69 Å². The van der Waals surface area contributed by atoms with Gasteiger partial charge in [0.2, 0.25) is 0 Å². The Morgan fingerprint density at radius 1 is 0.769 bits per heavy atom. The molecule has 0 radical (unpaired) electrons. The first-order valence-electron chi connectivity index (χ1n) is 8.30. The Labute approximate surface area is 148 Å². The summed E-state index contributed by atoms with van der Waals surface area (Å²) < 4.78 is 5.97. The van der Waals surface area contributed by atoms with Crippen LogP contribution in [0.5, 0.6) is 0 Å². The van der Waals surface area contributed by atoms with E-state index in [4.69, 9.17) is 4.42 Å². The Hall–Kier alpha value is -3.66. The van der Waals surface area contributed by atoms with Crippen molar-refractivity contribution in [2.75, 3.05) is 0 Å². The molecular formula is C22H13NO3. The van der Waals surface area contributed by atoms with Crippen molar-refractivity contribution in [2.24, 2.45) is 0 Å². The zero-order valence-electron chi connectivity index (χ0n) is 13.7. The normalized spacial score (nSPS) is 11.4. The van der Waals surface area contributed by atoms with E-state index in [1.807, 2.05) is 66.7 Å². The summed E-state index contributed by atoms with van der Waals surface area (Å²) in [4.78, 5) is 11.2. The highest BCUT2D eigenvalue weighted by Gasteiger charge is 2.16. The number of rotatable bonds is 2. The maximum atomic E-state index is 11.5. The molecule has 0 amide bonds. The largest absolute Gasteiger partial charge is 0.456 e. The molecule has 4 heteroatoms. The molecule has 0 aliphatic rings. The Balaban J connectivity index is 1.82. The van der Waals surface area contributed by atoms with E-state index in [0.29, 0.717) is 5.39 Å². The van der Waals surface area contributed by atoms with Gasteiger partial charge in [0.05, 0.1) is 10.3 Å². The molecule has 0 atom stereocenters. The molecule has 4 aromatic carbocycles. The van der Waals surface area contributed by atoms with Crippen LogP contribution in [0.1, 0.15) is 0 Å². The van der Waals surface area contributed by atoms with Gasteiger partial charge in [0.15, 0.2) is 0 Å². The van der Waals surface area contributed by atoms with E-state index >= 15 is 0 Å². The average Bonchev–Trinajstić information content (AvgIpc) is 3.04. The van der Waals surface area contributed by atoms with Crippen molar-refractivity contribution in [2.45, 2.75) is 0 Å². The second kappa shape index (κ2) is 5.43. The quantitative estimate of drug-likeness (QED) is 0.279. The van der Waals surface area contributed by atoms with Crippen LogP contribution < -0.4 is 0 Å². The Kier molecular flexibility index (Phi) is 3.06. The van der Waals surface area contributed by atoms with E-state index < -0.39 is 0 Å². The summed E-state index contributed by atoms with van der Waals surface area (Å²) in [5, 5.41) is 15.1. The smallest absolute Gasteiger partial charge is 0.277 e. The van der Waals surface area contributed by atoms with Gasteiger partial charge < -0.3 is 4.42 Å². The van der Waals surface area contributed by atoms with Gasteiger partial charge in [-0.2, -0.15) is 0 Å². The van der Waals surface area contributed by atoms with Gasteiger partial charge in [0.25, 0.3) is 5.69 Å². The monoisotopic (exact) mass is 339 g/mol.